The molecule has 0 aromatic carbocycles. The van der Waals surface area contributed by atoms with E-state index in [1.807, 2.05) is 0 Å². The van der Waals surface area contributed by atoms with Gasteiger partial charge in [-0.1, -0.05) is 32.8 Å². The molecule has 4 nitrogen and oxygen atoms in total. The fraction of sp³-hybridized carbons (Fsp3) is 0.800. The van der Waals surface area contributed by atoms with Gasteiger partial charge in [0.2, 0.25) is 0 Å². The van der Waals surface area contributed by atoms with Crippen molar-refractivity contribution in [1.29, 1.82) is 0 Å². The summed E-state index contributed by atoms with van der Waals surface area (Å²) in [5.74, 6) is -0.574. The maximum Gasteiger partial charge on any atom is 0.330 e. The van der Waals surface area contributed by atoms with Crippen LogP contribution in [-0.4, -0.2) is 24.6 Å². The monoisotopic (exact) mass is 336 g/mol. The Hall–Kier alpha value is -1.32. The number of hydrogen-bond acceptors (Lipinski definition) is 4. The Balaban J connectivity index is 1.80. The molecule has 0 amide bonds. The van der Waals surface area contributed by atoms with E-state index in [1.54, 1.807) is 6.92 Å². The molecular formula is C20H32O4. The van der Waals surface area contributed by atoms with Crippen molar-refractivity contribution in [3.8, 4) is 0 Å². The van der Waals surface area contributed by atoms with E-state index in [1.165, 1.54) is 25.7 Å². The van der Waals surface area contributed by atoms with Crippen LogP contribution in [0.15, 0.2) is 12.7 Å². The van der Waals surface area contributed by atoms with Crippen LogP contribution in [0, 0.1) is 10.8 Å². The highest BCUT2D eigenvalue weighted by Crippen LogP contribution is 2.59. The summed E-state index contributed by atoms with van der Waals surface area (Å²) >= 11 is 0. The summed E-state index contributed by atoms with van der Waals surface area (Å²) in [5.41, 5.74) is 0.207. The van der Waals surface area contributed by atoms with Crippen molar-refractivity contribution in [3.63, 3.8) is 0 Å². The lowest BCUT2D eigenvalue weighted by molar-refractivity contribution is -0.171. The lowest BCUT2D eigenvalue weighted by Gasteiger charge is -2.52. The topological polar surface area (TPSA) is 52.6 Å². The van der Waals surface area contributed by atoms with Crippen molar-refractivity contribution in [3.05, 3.63) is 12.7 Å². The number of ether oxygens (including phenoxy) is 2. The zero-order valence-electron chi connectivity index (χ0n) is 15.3. The highest BCUT2D eigenvalue weighted by Gasteiger charge is 2.52. The van der Waals surface area contributed by atoms with Crippen LogP contribution >= 0.6 is 0 Å². The molecule has 0 aliphatic heterocycles. The van der Waals surface area contributed by atoms with Crippen LogP contribution in [0.25, 0.3) is 0 Å². The SMILES string of the molecule is C=CC(=O)OC(C)COC(=O)C12CCC(CCCCC)(CC1)CC2. The Labute approximate surface area is 146 Å². The fourth-order valence-electron chi connectivity index (χ4n) is 4.32. The van der Waals surface area contributed by atoms with E-state index in [2.05, 4.69) is 13.5 Å². The van der Waals surface area contributed by atoms with Gasteiger partial charge in [0.25, 0.3) is 0 Å². The fourth-order valence-corrected chi connectivity index (χ4v) is 4.32. The summed E-state index contributed by atoms with van der Waals surface area (Å²) in [4.78, 5) is 23.8. The minimum atomic E-state index is -0.482. The second-order valence-corrected chi connectivity index (χ2v) is 7.79. The van der Waals surface area contributed by atoms with E-state index in [0.717, 1.165) is 44.6 Å². The normalized spacial score (nSPS) is 29.8. The van der Waals surface area contributed by atoms with E-state index < -0.39 is 12.1 Å². The number of fused-ring (bicyclic) bond motifs is 3. The number of carbonyl (C=O) groups excluding carboxylic acids is 2. The quantitative estimate of drug-likeness (QED) is 0.352. The molecule has 136 valence electrons. The van der Waals surface area contributed by atoms with Crippen LogP contribution in [0.2, 0.25) is 0 Å². The van der Waals surface area contributed by atoms with Gasteiger partial charge < -0.3 is 9.47 Å². The molecule has 2 bridgehead atoms. The third-order valence-corrected chi connectivity index (χ3v) is 6.08. The molecule has 0 spiro atoms. The molecule has 0 aromatic rings. The average molecular weight is 336 g/mol. The van der Waals surface area contributed by atoms with Gasteiger partial charge in [-0.25, -0.2) is 4.79 Å². The molecule has 3 rings (SSSR count). The molecule has 0 heterocycles. The van der Waals surface area contributed by atoms with Gasteiger partial charge >= 0.3 is 11.9 Å². The summed E-state index contributed by atoms with van der Waals surface area (Å²) in [6.45, 7) is 7.46. The van der Waals surface area contributed by atoms with E-state index in [9.17, 15) is 9.59 Å². The van der Waals surface area contributed by atoms with Crippen molar-refractivity contribution in [2.75, 3.05) is 6.61 Å². The summed E-state index contributed by atoms with van der Waals surface area (Å²) in [6.07, 6.45) is 12.3. The highest BCUT2D eigenvalue weighted by atomic mass is 16.6. The van der Waals surface area contributed by atoms with Gasteiger partial charge in [0.15, 0.2) is 0 Å². The summed E-state index contributed by atoms with van der Waals surface area (Å²) < 4.78 is 10.5. The van der Waals surface area contributed by atoms with Crippen LogP contribution in [0.5, 0.6) is 0 Å². The first-order valence-corrected chi connectivity index (χ1v) is 9.46. The second-order valence-electron chi connectivity index (χ2n) is 7.79. The maximum atomic E-state index is 12.6. The van der Waals surface area contributed by atoms with Crippen molar-refractivity contribution < 1.29 is 19.1 Å². The smallest absolute Gasteiger partial charge is 0.330 e. The van der Waals surface area contributed by atoms with E-state index in [4.69, 9.17) is 9.47 Å². The summed E-state index contributed by atoms with van der Waals surface area (Å²) in [7, 11) is 0. The zero-order chi connectivity index (χ0) is 17.6. The number of esters is 2. The molecule has 3 saturated carbocycles. The molecule has 0 saturated heterocycles. The molecule has 3 aliphatic rings. The lowest BCUT2D eigenvalue weighted by atomic mass is 9.52. The number of unbranched alkanes of at least 4 members (excludes halogenated alkanes) is 2. The lowest BCUT2D eigenvalue weighted by Crippen LogP contribution is -2.47. The maximum absolute atomic E-state index is 12.6. The van der Waals surface area contributed by atoms with Gasteiger partial charge in [0, 0.05) is 6.08 Å². The van der Waals surface area contributed by atoms with E-state index in [-0.39, 0.29) is 18.0 Å². The third-order valence-electron chi connectivity index (χ3n) is 6.08. The largest absolute Gasteiger partial charge is 0.461 e. The number of carbonyl (C=O) groups is 2. The molecule has 3 aliphatic carbocycles. The molecule has 0 N–H and O–H groups in total. The minimum Gasteiger partial charge on any atom is -0.461 e. The molecule has 1 atom stereocenters. The molecule has 1 unspecified atom stereocenters. The summed E-state index contributed by atoms with van der Waals surface area (Å²) in [5, 5.41) is 0. The second kappa shape index (κ2) is 8.17. The average Bonchev–Trinajstić information content (AvgIpc) is 2.61. The van der Waals surface area contributed by atoms with Gasteiger partial charge in [-0.2, -0.15) is 0 Å². The first kappa shape index (κ1) is 19.0. The third kappa shape index (κ3) is 4.40. The van der Waals surface area contributed by atoms with Gasteiger partial charge in [-0.15, -0.1) is 0 Å². The Bertz CT molecular complexity index is 444. The molecule has 4 heteroatoms. The Morgan fingerprint density at radius 1 is 1.12 bits per heavy atom. The van der Waals surface area contributed by atoms with Gasteiger partial charge in [-0.05, 0) is 57.3 Å². The van der Waals surface area contributed by atoms with Crippen LogP contribution < -0.4 is 0 Å². The van der Waals surface area contributed by atoms with Crippen molar-refractivity contribution in [2.24, 2.45) is 10.8 Å². The standard InChI is InChI=1S/C20H32O4/c1-4-6-7-8-19-9-12-20(13-10-19,14-11-19)18(22)23-15-16(3)24-17(21)5-2/h5,16H,2,4,6-15H2,1,3H3. The van der Waals surface area contributed by atoms with E-state index >= 15 is 0 Å². The van der Waals surface area contributed by atoms with Crippen molar-refractivity contribution >= 4 is 11.9 Å². The molecule has 0 aromatic heterocycles. The molecular weight excluding hydrogens is 304 g/mol. The predicted molar refractivity (Wildman–Crippen MR) is 93.4 cm³/mol. The Kier molecular flexibility index (Phi) is 6.47. The number of hydrogen-bond donors (Lipinski definition) is 0. The number of rotatable bonds is 9. The van der Waals surface area contributed by atoms with Gasteiger partial charge in [0.1, 0.15) is 12.7 Å². The molecule has 0 radical (unpaired) electrons. The van der Waals surface area contributed by atoms with Crippen molar-refractivity contribution in [1.82, 2.24) is 0 Å². The van der Waals surface area contributed by atoms with Crippen LogP contribution in [-0.2, 0) is 19.1 Å². The van der Waals surface area contributed by atoms with Crippen LogP contribution in [0.1, 0.15) is 78.1 Å². The first-order chi connectivity index (χ1) is 11.5. The molecule has 3 fully saturated rings. The Morgan fingerprint density at radius 3 is 2.29 bits per heavy atom. The van der Waals surface area contributed by atoms with Crippen LogP contribution in [0.4, 0.5) is 0 Å². The van der Waals surface area contributed by atoms with Gasteiger partial charge in [0.05, 0.1) is 5.41 Å². The minimum absolute atomic E-state index is 0.0918. The predicted octanol–water partition coefficient (Wildman–Crippen LogP) is 4.57. The molecule has 24 heavy (non-hydrogen) atoms. The Morgan fingerprint density at radius 2 is 1.75 bits per heavy atom. The van der Waals surface area contributed by atoms with Crippen LogP contribution in [0.3, 0.4) is 0 Å². The van der Waals surface area contributed by atoms with Crippen molar-refractivity contribution in [2.45, 2.75) is 84.2 Å². The first-order valence-electron chi connectivity index (χ1n) is 9.46. The highest BCUT2D eigenvalue weighted by molar-refractivity contribution is 5.81. The zero-order valence-corrected chi connectivity index (χ0v) is 15.3. The van der Waals surface area contributed by atoms with Gasteiger partial charge in [-0.3, -0.25) is 4.79 Å². The van der Waals surface area contributed by atoms with E-state index in [0.29, 0.717) is 5.41 Å². The summed E-state index contributed by atoms with van der Waals surface area (Å²) in [6, 6.07) is 0.